The first kappa shape index (κ1) is 39.0. The van der Waals surface area contributed by atoms with E-state index in [4.69, 9.17) is 18.9 Å². The van der Waals surface area contributed by atoms with E-state index >= 15 is 0 Å². The Balaban J connectivity index is 0.000000456. The molecular weight excluding hydrogens is 679 g/mol. The minimum absolute atomic E-state index is 0.253. The van der Waals surface area contributed by atoms with E-state index in [1.807, 2.05) is 48.5 Å². The second-order valence-electron chi connectivity index (χ2n) is 12.3. The summed E-state index contributed by atoms with van der Waals surface area (Å²) in [5, 5.41) is 0. The largest absolute Gasteiger partial charge is 0.744 e. The lowest BCUT2D eigenvalue weighted by molar-refractivity contribution is -0.158. The third-order valence-electron chi connectivity index (χ3n) is 5.77. The molecule has 4 aromatic rings. The van der Waals surface area contributed by atoms with Gasteiger partial charge in [0.05, 0.1) is 10.9 Å². The van der Waals surface area contributed by atoms with Crippen molar-refractivity contribution in [3.05, 3.63) is 109 Å². The highest BCUT2D eigenvalue weighted by Crippen LogP contribution is 2.36. The number of halogens is 2. The van der Waals surface area contributed by atoms with Crippen LogP contribution in [0.25, 0.3) is 0 Å². The van der Waals surface area contributed by atoms with Crippen molar-refractivity contribution in [2.75, 3.05) is 13.2 Å². The van der Waals surface area contributed by atoms with E-state index in [1.165, 1.54) is 0 Å². The highest BCUT2D eigenvalue weighted by molar-refractivity contribution is 7.97. The summed E-state index contributed by atoms with van der Waals surface area (Å²) >= 11 is 0. The molecule has 0 N–H and O–H groups in total. The first-order valence-electron chi connectivity index (χ1n) is 14.9. The molecule has 13 heteroatoms. The summed E-state index contributed by atoms with van der Waals surface area (Å²) in [7, 11) is -5.55. The van der Waals surface area contributed by atoms with Crippen molar-refractivity contribution in [1.82, 2.24) is 0 Å². The van der Waals surface area contributed by atoms with Crippen molar-refractivity contribution in [3.8, 4) is 11.5 Å². The van der Waals surface area contributed by atoms with Crippen LogP contribution in [0.15, 0.2) is 117 Å². The summed E-state index contributed by atoms with van der Waals surface area (Å²) in [4.78, 5) is 26.3. The van der Waals surface area contributed by atoms with Gasteiger partial charge in [-0.1, -0.05) is 42.5 Å². The third-order valence-corrected chi connectivity index (χ3v) is 8.85. The summed E-state index contributed by atoms with van der Waals surface area (Å²) in [5.41, 5.74) is -1.23. The van der Waals surface area contributed by atoms with Crippen molar-refractivity contribution < 1.29 is 50.3 Å². The normalized spacial score (nSPS) is 11.6. The fourth-order valence-electron chi connectivity index (χ4n) is 4.10. The molecule has 0 saturated carbocycles. The van der Waals surface area contributed by atoms with Gasteiger partial charge in [0, 0.05) is 18.2 Å². The van der Waals surface area contributed by atoms with Crippen LogP contribution in [0.5, 0.6) is 11.5 Å². The van der Waals surface area contributed by atoms with E-state index < -0.39 is 60.7 Å². The lowest BCUT2D eigenvalue weighted by atomic mass is 10.2. The number of hydrogen-bond donors (Lipinski definition) is 0. The number of ether oxygens (including phenoxy) is 4. The van der Waals surface area contributed by atoms with Crippen molar-refractivity contribution in [1.29, 1.82) is 0 Å². The highest BCUT2D eigenvalue weighted by Gasteiger charge is 2.30. The number of carbonyl (C=O) groups excluding carboxylic acids is 2. The zero-order valence-corrected chi connectivity index (χ0v) is 29.5. The first-order chi connectivity index (χ1) is 22.8. The zero-order chi connectivity index (χ0) is 36.4. The molecule has 0 aromatic heterocycles. The predicted molar refractivity (Wildman–Crippen MR) is 178 cm³/mol. The minimum atomic E-state index is -5.06. The fourth-order valence-corrected chi connectivity index (χ4v) is 6.86. The van der Waals surface area contributed by atoms with Crippen molar-refractivity contribution in [2.24, 2.45) is 0 Å². The first-order valence-corrected chi connectivity index (χ1v) is 17.5. The van der Waals surface area contributed by atoms with E-state index in [2.05, 4.69) is 24.3 Å². The summed E-state index contributed by atoms with van der Waals surface area (Å²) in [6.07, 6.45) is 0. The molecule has 4 rings (SSSR count). The van der Waals surface area contributed by atoms with Crippen LogP contribution in [0.1, 0.15) is 41.5 Å². The maximum atomic E-state index is 12.5. The molecule has 0 radical (unpaired) electrons. The van der Waals surface area contributed by atoms with Gasteiger partial charge in [-0.3, -0.25) is 0 Å². The summed E-state index contributed by atoms with van der Waals surface area (Å²) in [5.74, 6) is -2.81. The Hall–Kier alpha value is -4.46. The number of carbonyl (C=O) groups is 2. The summed E-state index contributed by atoms with van der Waals surface area (Å²) in [6, 6.07) is 28.1. The van der Waals surface area contributed by atoms with E-state index in [0.29, 0.717) is 23.6 Å². The maximum absolute atomic E-state index is 12.5. The van der Waals surface area contributed by atoms with Crippen LogP contribution < -0.4 is 9.47 Å². The third kappa shape index (κ3) is 13.2. The average Bonchev–Trinajstić information content (AvgIpc) is 2.98. The van der Waals surface area contributed by atoms with Crippen molar-refractivity contribution in [2.45, 2.75) is 72.3 Å². The molecule has 0 aliphatic carbocycles. The molecule has 0 unspecified atom stereocenters. The predicted octanol–water partition coefficient (Wildman–Crippen LogP) is 7.09. The van der Waals surface area contributed by atoms with Gasteiger partial charge in [-0.05, 0) is 77.9 Å². The van der Waals surface area contributed by atoms with E-state index in [1.54, 1.807) is 47.6 Å². The van der Waals surface area contributed by atoms with Gasteiger partial charge in [0.15, 0.2) is 27.9 Å². The SMILES string of the molecule is CC(C)(C)OC(=O)COc1cc(OCC(=O)OC(C)(C)C)cc([S+](c2ccccc2)c2ccccc2)c1.O=S(=O)([O-])c1c(F)cccc1F. The smallest absolute Gasteiger partial charge is 0.344 e. The topological polar surface area (TPSA) is 128 Å². The van der Waals surface area contributed by atoms with Gasteiger partial charge < -0.3 is 23.5 Å². The standard InChI is InChI=1S/C30H35O6S.C6H4F2O3S/c1-29(2,3)35-27(31)20-33-22-17-23(34-21-28(32)36-30(4,5)6)19-26(18-22)37(24-13-9-7-10-14-24)25-15-11-8-12-16-25;7-4-2-1-3-5(8)6(4)12(9,10)11/h7-19H,20-21H2,1-6H3;1-3H,(H,9,10,11)/q+1;/p-1. The van der Waals surface area contributed by atoms with Gasteiger partial charge >= 0.3 is 11.9 Å². The maximum Gasteiger partial charge on any atom is 0.344 e. The van der Waals surface area contributed by atoms with Gasteiger partial charge in [-0.2, -0.15) is 0 Å². The molecule has 0 spiro atoms. The molecular formula is C36H38F2O9S2. The lowest BCUT2D eigenvalue weighted by Gasteiger charge is -2.20. The van der Waals surface area contributed by atoms with Crippen LogP contribution in [0, 0.1) is 11.6 Å². The Morgan fingerprint density at radius 3 is 1.35 bits per heavy atom. The Labute approximate surface area is 288 Å². The minimum Gasteiger partial charge on any atom is -0.744 e. The highest BCUT2D eigenvalue weighted by atomic mass is 32.2. The molecule has 49 heavy (non-hydrogen) atoms. The summed E-state index contributed by atoms with van der Waals surface area (Å²) < 4.78 is 78.2. The molecule has 4 aromatic carbocycles. The number of benzene rings is 4. The lowest BCUT2D eigenvalue weighted by Crippen LogP contribution is -2.27. The fraction of sp³-hybridized carbons (Fsp3) is 0.278. The Kier molecular flexibility index (Phi) is 13.3. The number of hydrogen-bond acceptors (Lipinski definition) is 9. The molecule has 0 aliphatic rings. The molecule has 9 nitrogen and oxygen atoms in total. The van der Waals surface area contributed by atoms with Crippen LogP contribution >= 0.6 is 0 Å². The second-order valence-corrected chi connectivity index (χ2v) is 15.7. The zero-order valence-electron chi connectivity index (χ0n) is 27.9. The molecule has 0 bridgehead atoms. The average molecular weight is 717 g/mol. The second kappa shape index (κ2) is 16.8. The molecule has 0 amide bonds. The molecule has 0 saturated heterocycles. The van der Waals surface area contributed by atoms with Crippen LogP contribution in [0.2, 0.25) is 0 Å². The van der Waals surface area contributed by atoms with E-state index in [9.17, 15) is 31.3 Å². The van der Waals surface area contributed by atoms with Crippen LogP contribution in [0.4, 0.5) is 8.78 Å². The van der Waals surface area contributed by atoms with Crippen LogP contribution in [0.3, 0.4) is 0 Å². The van der Waals surface area contributed by atoms with Gasteiger partial charge in [0.2, 0.25) is 0 Å². The van der Waals surface area contributed by atoms with Crippen molar-refractivity contribution in [3.63, 3.8) is 0 Å². The Morgan fingerprint density at radius 2 is 1.02 bits per heavy atom. The Bertz CT molecular complexity index is 1710. The molecule has 0 heterocycles. The van der Waals surface area contributed by atoms with Crippen LogP contribution in [-0.4, -0.2) is 49.3 Å². The van der Waals surface area contributed by atoms with Crippen molar-refractivity contribution >= 4 is 33.0 Å². The van der Waals surface area contributed by atoms with Gasteiger partial charge in [-0.15, -0.1) is 0 Å². The van der Waals surface area contributed by atoms with Crippen LogP contribution in [-0.2, 0) is 40.1 Å². The quantitative estimate of drug-likeness (QED) is 0.0960. The molecule has 0 aliphatic heterocycles. The van der Waals surface area contributed by atoms with E-state index in [0.717, 1.165) is 20.8 Å². The van der Waals surface area contributed by atoms with Gasteiger partial charge in [0.1, 0.15) is 49.3 Å². The van der Waals surface area contributed by atoms with Gasteiger partial charge in [-0.25, -0.2) is 26.8 Å². The van der Waals surface area contributed by atoms with E-state index in [-0.39, 0.29) is 13.2 Å². The van der Waals surface area contributed by atoms with Gasteiger partial charge in [0.25, 0.3) is 0 Å². The number of rotatable bonds is 10. The monoisotopic (exact) mass is 716 g/mol. The summed E-state index contributed by atoms with van der Waals surface area (Å²) in [6.45, 7) is 10.3. The number of esters is 2. The Morgan fingerprint density at radius 1 is 0.633 bits per heavy atom. The molecule has 262 valence electrons. The molecule has 0 fully saturated rings. The molecule has 0 atom stereocenters.